The minimum absolute atomic E-state index is 0.0891. The van der Waals surface area contributed by atoms with Crippen LogP contribution in [0.15, 0.2) is 47.6 Å². The number of ketones is 1. The number of anilines is 3. The van der Waals surface area contributed by atoms with Crippen molar-refractivity contribution in [1.29, 1.82) is 0 Å². The molecule has 2 aliphatic heterocycles. The van der Waals surface area contributed by atoms with E-state index in [0.717, 1.165) is 50.0 Å². The fourth-order valence-electron chi connectivity index (χ4n) is 5.10. The van der Waals surface area contributed by atoms with Gasteiger partial charge in [0.15, 0.2) is 11.6 Å². The number of hydrogen-bond acceptors (Lipinski definition) is 7. The fourth-order valence-corrected chi connectivity index (χ4v) is 5.10. The van der Waals surface area contributed by atoms with E-state index >= 15 is 0 Å². The molecule has 184 valence electrons. The number of aliphatic hydroxyl groups excluding tert-OH is 1. The number of aromatic nitrogens is 2. The smallest absolute Gasteiger partial charge is 0.174 e. The number of aliphatic imine (C=N–C) groups is 1. The van der Waals surface area contributed by atoms with Gasteiger partial charge in [0.05, 0.1) is 34.9 Å². The SMILES string of the molecule is O=C1CC=Nc2nc(-c3cc(C4CCC4)ccc3F)cc(Nc3ccc(N4CCC(O)CC4)cn3)c21. The summed E-state index contributed by atoms with van der Waals surface area (Å²) in [4.78, 5) is 28.5. The summed E-state index contributed by atoms with van der Waals surface area (Å²) in [5.74, 6) is 0.889. The van der Waals surface area contributed by atoms with E-state index in [1.807, 2.05) is 24.3 Å². The third kappa shape index (κ3) is 4.37. The lowest BCUT2D eigenvalue weighted by molar-refractivity contribution is 0.100. The monoisotopic (exact) mass is 485 g/mol. The Bertz CT molecular complexity index is 1330. The molecular formula is C28H28FN5O2. The van der Waals surface area contributed by atoms with Gasteiger partial charge in [0.1, 0.15) is 11.6 Å². The van der Waals surface area contributed by atoms with E-state index in [9.17, 15) is 14.3 Å². The number of piperidine rings is 1. The molecule has 1 aliphatic carbocycles. The molecule has 4 heterocycles. The van der Waals surface area contributed by atoms with Crippen LogP contribution in [0.5, 0.6) is 0 Å². The van der Waals surface area contributed by atoms with Crippen LogP contribution in [0, 0.1) is 5.82 Å². The summed E-state index contributed by atoms with van der Waals surface area (Å²) >= 11 is 0. The molecule has 8 heteroatoms. The summed E-state index contributed by atoms with van der Waals surface area (Å²) < 4.78 is 15.0. The van der Waals surface area contributed by atoms with Crippen molar-refractivity contribution in [2.75, 3.05) is 23.3 Å². The van der Waals surface area contributed by atoms with Crippen LogP contribution in [0.3, 0.4) is 0 Å². The van der Waals surface area contributed by atoms with E-state index in [4.69, 9.17) is 0 Å². The highest BCUT2D eigenvalue weighted by atomic mass is 19.1. The van der Waals surface area contributed by atoms with Crippen molar-refractivity contribution in [3.63, 3.8) is 0 Å². The highest BCUT2D eigenvalue weighted by molar-refractivity contribution is 6.13. The van der Waals surface area contributed by atoms with Crippen LogP contribution in [0.4, 0.5) is 27.4 Å². The van der Waals surface area contributed by atoms with Crippen LogP contribution >= 0.6 is 0 Å². The predicted octanol–water partition coefficient (Wildman–Crippen LogP) is 5.54. The molecule has 2 aromatic heterocycles. The van der Waals surface area contributed by atoms with Gasteiger partial charge in [0.2, 0.25) is 0 Å². The first-order chi connectivity index (χ1) is 17.5. The lowest BCUT2D eigenvalue weighted by Crippen LogP contribution is -2.35. The Morgan fingerprint density at radius 3 is 2.61 bits per heavy atom. The number of Topliss-reactive ketones (excluding diaryl/α,β-unsaturated/α-hetero) is 1. The molecule has 0 spiro atoms. The molecule has 1 saturated carbocycles. The van der Waals surface area contributed by atoms with Crippen molar-refractivity contribution in [3.8, 4) is 11.3 Å². The second kappa shape index (κ2) is 9.43. The largest absolute Gasteiger partial charge is 0.393 e. The van der Waals surface area contributed by atoms with Gasteiger partial charge in [0.25, 0.3) is 0 Å². The minimum Gasteiger partial charge on any atom is -0.393 e. The summed E-state index contributed by atoms with van der Waals surface area (Å²) in [6.45, 7) is 1.57. The van der Waals surface area contributed by atoms with Gasteiger partial charge in [-0.15, -0.1) is 0 Å². The van der Waals surface area contributed by atoms with Crippen molar-refractivity contribution >= 4 is 35.0 Å². The summed E-state index contributed by atoms with van der Waals surface area (Å²) in [7, 11) is 0. The number of nitrogens with one attached hydrogen (secondary N) is 1. The summed E-state index contributed by atoms with van der Waals surface area (Å²) in [6.07, 6.45) is 8.22. The zero-order chi connectivity index (χ0) is 24.6. The van der Waals surface area contributed by atoms with Gasteiger partial charge in [-0.2, -0.15) is 0 Å². The van der Waals surface area contributed by atoms with Crippen LogP contribution < -0.4 is 10.2 Å². The van der Waals surface area contributed by atoms with Gasteiger partial charge in [-0.05, 0) is 67.5 Å². The number of pyridine rings is 2. The number of rotatable bonds is 5. The second-order valence-electron chi connectivity index (χ2n) is 9.80. The van der Waals surface area contributed by atoms with Gasteiger partial charge >= 0.3 is 0 Å². The maximum atomic E-state index is 15.0. The van der Waals surface area contributed by atoms with Crippen molar-refractivity contribution in [1.82, 2.24) is 9.97 Å². The van der Waals surface area contributed by atoms with E-state index in [-0.39, 0.29) is 24.1 Å². The van der Waals surface area contributed by atoms with E-state index in [2.05, 4.69) is 25.2 Å². The van der Waals surface area contributed by atoms with Gasteiger partial charge in [-0.25, -0.2) is 19.4 Å². The molecule has 1 aromatic carbocycles. The molecular weight excluding hydrogens is 457 g/mol. The highest BCUT2D eigenvalue weighted by Gasteiger charge is 2.25. The third-order valence-electron chi connectivity index (χ3n) is 7.45. The van der Waals surface area contributed by atoms with Gasteiger partial charge in [-0.3, -0.25) is 4.79 Å². The quantitative estimate of drug-likeness (QED) is 0.493. The number of carbonyl (C=O) groups excluding carboxylic acids is 1. The fraction of sp³-hybridized carbons (Fsp3) is 0.357. The highest BCUT2D eigenvalue weighted by Crippen LogP contribution is 2.40. The molecule has 7 nitrogen and oxygen atoms in total. The van der Waals surface area contributed by atoms with Gasteiger partial charge in [-0.1, -0.05) is 12.5 Å². The van der Waals surface area contributed by atoms with E-state index < -0.39 is 0 Å². The van der Waals surface area contributed by atoms with Crippen LogP contribution in [0.2, 0.25) is 0 Å². The Labute approximate surface area is 209 Å². The molecule has 6 rings (SSSR count). The van der Waals surface area contributed by atoms with Gasteiger partial charge < -0.3 is 15.3 Å². The normalized spacial score (nSPS) is 18.2. The number of halogens is 1. The summed E-state index contributed by atoms with van der Waals surface area (Å²) in [6, 6.07) is 10.8. The van der Waals surface area contributed by atoms with Crippen molar-refractivity contribution in [2.45, 2.75) is 50.5 Å². The number of carbonyl (C=O) groups is 1. The first kappa shape index (κ1) is 22.8. The van der Waals surface area contributed by atoms with Crippen LogP contribution in [0.1, 0.15) is 60.4 Å². The van der Waals surface area contributed by atoms with Crippen molar-refractivity contribution in [2.24, 2.45) is 4.99 Å². The Morgan fingerprint density at radius 1 is 1.06 bits per heavy atom. The minimum atomic E-state index is -0.350. The van der Waals surface area contributed by atoms with E-state index in [1.165, 1.54) is 12.5 Å². The number of aliphatic hydroxyl groups is 1. The lowest BCUT2D eigenvalue weighted by atomic mass is 9.79. The molecule has 0 amide bonds. The number of hydrogen-bond donors (Lipinski definition) is 2. The zero-order valence-electron chi connectivity index (χ0n) is 20.0. The molecule has 36 heavy (non-hydrogen) atoms. The first-order valence-corrected chi connectivity index (χ1v) is 12.6. The van der Waals surface area contributed by atoms with E-state index in [0.29, 0.717) is 40.1 Å². The molecule has 0 radical (unpaired) electrons. The Morgan fingerprint density at radius 2 is 1.89 bits per heavy atom. The maximum absolute atomic E-state index is 15.0. The number of nitrogens with zero attached hydrogens (tertiary/aromatic N) is 4. The number of fused-ring (bicyclic) bond motifs is 1. The molecule has 0 bridgehead atoms. The standard InChI is InChI=1S/C28H28FN5O2/c29-22-6-4-18(17-2-1-3-17)14-21(22)23-15-24(27-25(36)8-11-30-28(27)33-23)32-26-7-5-19(16-31-26)34-12-9-20(35)10-13-34/h4-7,11,14-17,20,35H,1-3,8-10,12-13H2,(H,31,32,33). The molecule has 0 unspecified atom stereocenters. The predicted molar refractivity (Wildman–Crippen MR) is 138 cm³/mol. The molecule has 1 saturated heterocycles. The van der Waals surface area contributed by atoms with Crippen LogP contribution in [0.25, 0.3) is 11.3 Å². The average molecular weight is 486 g/mol. The Balaban J connectivity index is 1.34. The Hall–Kier alpha value is -3.65. The molecule has 2 N–H and O–H groups in total. The van der Waals surface area contributed by atoms with Crippen molar-refractivity contribution < 1.29 is 14.3 Å². The van der Waals surface area contributed by atoms with Crippen LogP contribution in [-0.2, 0) is 0 Å². The third-order valence-corrected chi connectivity index (χ3v) is 7.45. The molecule has 2 fully saturated rings. The first-order valence-electron chi connectivity index (χ1n) is 12.6. The van der Waals surface area contributed by atoms with Crippen molar-refractivity contribution in [3.05, 3.63) is 59.5 Å². The second-order valence-corrected chi connectivity index (χ2v) is 9.80. The summed E-state index contributed by atoms with van der Waals surface area (Å²) in [5, 5.41) is 13.0. The topological polar surface area (TPSA) is 90.7 Å². The van der Waals surface area contributed by atoms with Gasteiger partial charge in [0, 0.05) is 31.3 Å². The Kier molecular flexibility index (Phi) is 5.97. The maximum Gasteiger partial charge on any atom is 0.174 e. The summed E-state index contributed by atoms with van der Waals surface area (Å²) in [5.41, 5.74) is 3.87. The van der Waals surface area contributed by atoms with E-state index in [1.54, 1.807) is 18.5 Å². The average Bonchev–Trinajstić information content (AvgIpc) is 2.85. The zero-order valence-corrected chi connectivity index (χ0v) is 20.0. The number of benzene rings is 1. The van der Waals surface area contributed by atoms with Crippen LogP contribution in [-0.4, -0.2) is 46.3 Å². The lowest BCUT2D eigenvalue weighted by Gasteiger charge is -2.31. The molecule has 3 aromatic rings. The molecule has 3 aliphatic rings. The molecule has 0 atom stereocenters.